The van der Waals surface area contributed by atoms with Crippen molar-refractivity contribution in [3.8, 4) is 33.0 Å². The van der Waals surface area contributed by atoms with E-state index in [0.29, 0.717) is 19.7 Å². The summed E-state index contributed by atoms with van der Waals surface area (Å²) in [5.41, 5.74) is 7.14. The fourth-order valence-corrected chi connectivity index (χ4v) is 8.39. The number of aromatic carboxylic acids is 1. The highest BCUT2D eigenvalue weighted by Gasteiger charge is 2.29. The van der Waals surface area contributed by atoms with E-state index in [-0.39, 0.29) is 23.4 Å². The first-order valence-electron chi connectivity index (χ1n) is 15.5. The Morgan fingerprint density at radius 3 is 2.53 bits per heavy atom. The lowest BCUT2D eigenvalue weighted by Gasteiger charge is -2.34. The number of hydrogen-bond donors (Lipinski definition) is 1. The van der Waals surface area contributed by atoms with Gasteiger partial charge in [-0.1, -0.05) is 42.5 Å². The molecule has 0 aliphatic carbocycles. The molecule has 240 valence electrons. The maximum atomic E-state index is 14.0. The number of thiazole rings is 1. The number of rotatable bonds is 8. The fourth-order valence-electron chi connectivity index (χ4n) is 6.43. The van der Waals surface area contributed by atoms with Crippen LogP contribution in [0.4, 0.5) is 0 Å². The zero-order chi connectivity index (χ0) is 32.8. The molecule has 1 fully saturated rings. The predicted octanol–water partition coefficient (Wildman–Crippen LogP) is 6.81. The number of carbonyl (C=O) groups is 2. The van der Waals surface area contributed by atoms with Gasteiger partial charge < -0.3 is 24.2 Å². The summed E-state index contributed by atoms with van der Waals surface area (Å²) in [6.07, 6.45) is -0.0676. The molecule has 6 aromatic rings. The second kappa shape index (κ2) is 12.6. The number of morpholine rings is 1. The van der Waals surface area contributed by atoms with Crippen molar-refractivity contribution in [3.05, 3.63) is 82.3 Å². The highest BCUT2D eigenvalue weighted by Crippen LogP contribution is 2.45. The summed E-state index contributed by atoms with van der Waals surface area (Å²) < 4.78 is 8.79. The number of ether oxygens (including phenoxy) is 1. The van der Waals surface area contributed by atoms with Gasteiger partial charge >= 0.3 is 5.97 Å². The van der Waals surface area contributed by atoms with Crippen LogP contribution in [-0.2, 0) is 16.1 Å². The molecule has 2 aromatic carbocycles. The molecule has 11 heteroatoms. The largest absolute Gasteiger partial charge is 0.477 e. The van der Waals surface area contributed by atoms with Crippen LogP contribution in [0.2, 0.25) is 0 Å². The number of thiophene rings is 1. The molecule has 1 aliphatic heterocycles. The van der Waals surface area contributed by atoms with E-state index < -0.39 is 5.97 Å². The Balaban J connectivity index is 1.37. The molecule has 1 aliphatic rings. The summed E-state index contributed by atoms with van der Waals surface area (Å²) in [6.45, 7) is 6.31. The second-order valence-corrected chi connectivity index (χ2v) is 14.4. The SMILES string of the molecule is Cc1nc(C)c(-c2ccc3cc(-c4c(-c5ccccc5)c5sc(C(=O)O)cc5n4CC(=O)N4CCOC(CN(C)C)C4)ccc3n2)s1. The van der Waals surface area contributed by atoms with E-state index in [2.05, 4.69) is 28.1 Å². The number of aromatic nitrogens is 3. The van der Waals surface area contributed by atoms with Crippen molar-refractivity contribution in [2.24, 2.45) is 0 Å². The van der Waals surface area contributed by atoms with Crippen molar-refractivity contribution in [1.29, 1.82) is 0 Å². The van der Waals surface area contributed by atoms with Gasteiger partial charge in [0.25, 0.3) is 0 Å². The van der Waals surface area contributed by atoms with Crippen LogP contribution in [0.15, 0.2) is 66.7 Å². The van der Waals surface area contributed by atoms with Gasteiger partial charge in [-0.3, -0.25) is 4.79 Å². The summed E-state index contributed by atoms with van der Waals surface area (Å²) in [6, 6.07) is 22.0. The summed E-state index contributed by atoms with van der Waals surface area (Å²) in [7, 11) is 3.99. The average Bonchev–Trinajstić information content (AvgIpc) is 3.72. The third-order valence-electron chi connectivity index (χ3n) is 8.46. The number of benzene rings is 2. The zero-order valence-electron chi connectivity index (χ0n) is 26.7. The first kappa shape index (κ1) is 31.2. The molecular weight excluding hydrogens is 631 g/mol. The van der Waals surface area contributed by atoms with Gasteiger partial charge in [-0.2, -0.15) is 0 Å². The molecule has 0 spiro atoms. The first-order chi connectivity index (χ1) is 22.7. The van der Waals surface area contributed by atoms with E-state index in [1.165, 1.54) is 11.3 Å². The maximum absolute atomic E-state index is 14.0. The fraction of sp³-hybridized carbons (Fsp3) is 0.278. The monoisotopic (exact) mass is 665 g/mol. The normalized spacial score (nSPS) is 15.3. The second-order valence-electron chi connectivity index (χ2n) is 12.2. The minimum Gasteiger partial charge on any atom is -0.477 e. The van der Waals surface area contributed by atoms with Crippen LogP contribution < -0.4 is 0 Å². The van der Waals surface area contributed by atoms with Crippen LogP contribution in [0.5, 0.6) is 0 Å². The highest BCUT2D eigenvalue weighted by atomic mass is 32.1. The van der Waals surface area contributed by atoms with E-state index in [1.54, 1.807) is 17.4 Å². The van der Waals surface area contributed by atoms with Gasteiger partial charge in [-0.15, -0.1) is 22.7 Å². The molecule has 7 rings (SSSR count). The van der Waals surface area contributed by atoms with Crippen molar-refractivity contribution in [2.75, 3.05) is 40.3 Å². The lowest BCUT2D eigenvalue weighted by atomic mass is 9.99. The number of carboxylic acids is 1. The van der Waals surface area contributed by atoms with Crippen LogP contribution in [0.3, 0.4) is 0 Å². The maximum Gasteiger partial charge on any atom is 0.345 e. The average molecular weight is 666 g/mol. The Morgan fingerprint density at radius 2 is 1.81 bits per heavy atom. The first-order valence-corrected chi connectivity index (χ1v) is 17.1. The summed E-state index contributed by atoms with van der Waals surface area (Å²) in [4.78, 5) is 41.0. The Hall–Kier alpha value is -4.42. The number of likely N-dealkylation sites (N-methyl/N-ethyl adjacent to an activating group) is 1. The standard InChI is InChI=1S/C36H35N5O4S2/c1-21-34(46-22(2)37-21)28-13-10-24-16-25(11-12-27(24)38-28)33-32(23-8-6-5-7-9-23)35-29(17-30(47-35)36(43)44)41(33)20-31(42)40-14-15-45-26(19-40)18-39(3)4/h5-13,16-17,26H,14-15,18-20H2,1-4H3,(H,43,44). The van der Waals surface area contributed by atoms with Crippen LogP contribution in [0.25, 0.3) is 54.1 Å². The van der Waals surface area contributed by atoms with E-state index in [4.69, 9.17) is 9.72 Å². The lowest BCUT2D eigenvalue weighted by Crippen LogP contribution is -2.49. The molecule has 1 atom stereocenters. The third kappa shape index (κ3) is 6.07. The Kier molecular flexibility index (Phi) is 8.39. The summed E-state index contributed by atoms with van der Waals surface area (Å²) in [5.74, 6) is -1.01. The molecule has 0 bridgehead atoms. The van der Waals surface area contributed by atoms with Crippen molar-refractivity contribution in [2.45, 2.75) is 26.5 Å². The smallest absolute Gasteiger partial charge is 0.345 e. The zero-order valence-corrected chi connectivity index (χ0v) is 28.3. The lowest BCUT2D eigenvalue weighted by molar-refractivity contribution is -0.139. The van der Waals surface area contributed by atoms with E-state index in [1.807, 2.05) is 79.9 Å². The molecule has 1 amide bonds. The van der Waals surface area contributed by atoms with Crippen LogP contribution in [0, 0.1) is 13.8 Å². The van der Waals surface area contributed by atoms with Gasteiger partial charge in [0.2, 0.25) is 5.91 Å². The Bertz CT molecular complexity index is 2130. The van der Waals surface area contributed by atoms with E-state index in [0.717, 1.165) is 71.3 Å². The van der Waals surface area contributed by atoms with Crippen molar-refractivity contribution in [1.82, 2.24) is 24.3 Å². The van der Waals surface area contributed by atoms with Crippen molar-refractivity contribution < 1.29 is 19.4 Å². The quantitative estimate of drug-likeness (QED) is 0.191. The number of pyridine rings is 1. The van der Waals surface area contributed by atoms with Crippen molar-refractivity contribution >= 4 is 55.7 Å². The molecule has 0 saturated carbocycles. The van der Waals surface area contributed by atoms with Crippen LogP contribution in [0.1, 0.15) is 20.4 Å². The molecule has 9 nitrogen and oxygen atoms in total. The molecule has 1 unspecified atom stereocenters. The Morgan fingerprint density at radius 1 is 1.00 bits per heavy atom. The van der Waals surface area contributed by atoms with Gasteiger partial charge in [0.05, 0.1) is 55.4 Å². The van der Waals surface area contributed by atoms with Crippen LogP contribution in [-0.4, -0.2) is 87.8 Å². The molecule has 0 radical (unpaired) electrons. The molecule has 47 heavy (non-hydrogen) atoms. The number of hydrogen-bond acceptors (Lipinski definition) is 8. The Labute approximate surface area is 280 Å². The van der Waals surface area contributed by atoms with Gasteiger partial charge in [0, 0.05) is 30.6 Å². The third-order valence-corrected chi connectivity index (χ3v) is 10.7. The van der Waals surface area contributed by atoms with Crippen LogP contribution >= 0.6 is 22.7 Å². The predicted molar refractivity (Wildman–Crippen MR) is 188 cm³/mol. The van der Waals surface area contributed by atoms with Gasteiger partial charge in [-0.05, 0) is 63.3 Å². The summed E-state index contributed by atoms with van der Waals surface area (Å²) >= 11 is 2.89. The van der Waals surface area contributed by atoms with Gasteiger partial charge in [-0.25, -0.2) is 14.8 Å². The molecule has 1 N–H and O–H groups in total. The number of amides is 1. The topological polar surface area (TPSA) is 101 Å². The number of nitrogens with zero attached hydrogens (tertiary/aromatic N) is 5. The minimum atomic E-state index is -0.983. The number of carboxylic acid groups (broad SMARTS) is 1. The highest BCUT2D eigenvalue weighted by molar-refractivity contribution is 7.21. The van der Waals surface area contributed by atoms with Gasteiger partial charge in [0.1, 0.15) is 11.4 Å². The minimum absolute atomic E-state index is 0.0276. The molecular formula is C36H35N5O4S2. The number of fused-ring (bicyclic) bond motifs is 2. The van der Waals surface area contributed by atoms with Gasteiger partial charge in [0.15, 0.2) is 0 Å². The molecule has 5 heterocycles. The van der Waals surface area contributed by atoms with E-state index in [9.17, 15) is 14.7 Å². The number of aryl methyl sites for hydroxylation is 2. The molecule has 4 aromatic heterocycles. The van der Waals surface area contributed by atoms with Crippen molar-refractivity contribution in [3.63, 3.8) is 0 Å². The number of carbonyl (C=O) groups excluding carboxylic acids is 1. The summed E-state index contributed by atoms with van der Waals surface area (Å²) in [5, 5.41) is 11.9. The van der Waals surface area contributed by atoms with E-state index >= 15 is 0 Å². The molecule has 1 saturated heterocycles.